The van der Waals surface area contributed by atoms with Gasteiger partial charge in [-0.15, -0.1) is 0 Å². The van der Waals surface area contributed by atoms with Gasteiger partial charge in [0.25, 0.3) is 0 Å². The average molecular weight is 265 g/mol. The molecule has 0 bridgehead atoms. The summed E-state index contributed by atoms with van der Waals surface area (Å²) in [5.41, 5.74) is 5.25. The Morgan fingerprint density at radius 3 is 2.60 bits per heavy atom. The fourth-order valence-corrected chi connectivity index (χ4v) is 3.23. The van der Waals surface area contributed by atoms with Crippen LogP contribution in [0.3, 0.4) is 0 Å². The van der Waals surface area contributed by atoms with Gasteiger partial charge in [0, 0.05) is 18.9 Å². The first-order valence-electron chi connectivity index (χ1n) is 7.06. The molecular formula is C18H19NO. The van der Waals surface area contributed by atoms with Crippen LogP contribution in [0.2, 0.25) is 0 Å². The molecule has 0 heterocycles. The van der Waals surface area contributed by atoms with Crippen LogP contribution in [0.4, 0.5) is 0 Å². The molecule has 102 valence electrons. The van der Waals surface area contributed by atoms with Crippen molar-refractivity contribution in [1.29, 1.82) is 0 Å². The normalized spacial score (nSPS) is 20.5. The zero-order valence-electron chi connectivity index (χ0n) is 11.9. The van der Waals surface area contributed by atoms with Gasteiger partial charge < -0.3 is 5.32 Å². The third-order valence-electron chi connectivity index (χ3n) is 4.03. The molecule has 1 aliphatic carbocycles. The number of fused-ring (bicyclic) bond motifs is 1. The van der Waals surface area contributed by atoms with E-state index in [2.05, 4.69) is 54.7 Å². The fourth-order valence-electron chi connectivity index (χ4n) is 3.23. The molecule has 2 nitrogen and oxygen atoms in total. The highest BCUT2D eigenvalue weighted by Crippen LogP contribution is 2.38. The van der Waals surface area contributed by atoms with Crippen LogP contribution in [0.5, 0.6) is 0 Å². The van der Waals surface area contributed by atoms with Crippen molar-refractivity contribution < 1.29 is 4.79 Å². The van der Waals surface area contributed by atoms with E-state index in [9.17, 15) is 4.79 Å². The van der Waals surface area contributed by atoms with E-state index in [1.165, 1.54) is 22.3 Å². The first kappa shape index (κ1) is 12.9. The van der Waals surface area contributed by atoms with Crippen LogP contribution in [-0.4, -0.2) is 11.9 Å². The van der Waals surface area contributed by atoms with E-state index in [1.54, 1.807) is 6.92 Å². The number of amides is 1. The number of carbonyl (C=O) groups is 1. The lowest BCUT2D eigenvalue weighted by atomic mass is 9.89. The Morgan fingerprint density at radius 1 is 1.15 bits per heavy atom. The highest BCUT2D eigenvalue weighted by atomic mass is 16.1. The Kier molecular flexibility index (Phi) is 3.31. The molecule has 3 rings (SSSR count). The highest BCUT2D eigenvalue weighted by molar-refractivity contribution is 5.74. The van der Waals surface area contributed by atoms with Crippen molar-refractivity contribution in [3.05, 3.63) is 70.8 Å². The molecule has 2 aromatic rings. The average Bonchev–Trinajstić information content (AvgIpc) is 2.76. The zero-order chi connectivity index (χ0) is 14.1. The second-order valence-corrected chi connectivity index (χ2v) is 5.60. The van der Waals surface area contributed by atoms with Crippen molar-refractivity contribution in [2.45, 2.75) is 32.2 Å². The van der Waals surface area contributed by atoms with Crippen LogP contribution >= 0.6 is 0 Å². The van der Waals surface area contributed by atoms with Gasteiger partial charge in [0.05, 0.1) is 0 Å². The van der Waals surface area contributed by atoms with Gasteiger partial charge in [0.2, 0.25) is 5.91 Å². The molecule has 1 N–H and O–H groups in total. The third-order valence-corrected chi connectivity index (χ3v) is 4.03. The van der Waals surface area contributed by atoms with E-state index in [4.69, 9.17) is 0 Å². The second-order valence-electron chi connectivity index (χ2n) is 5.60. The molecule has 20 heavy (non-hydrogen) atoms. The molecule has 0 saturated carbocycles. The minimum Gasteiger partial charge on any atom is -0.352 e. The molecule has 1 aliphatic rings. The monoisotopic (exact) mass is 265 g/mol. The predicted octanol–water partition coefficient (Wildman–Crippen LogP) is 3.19. The van der Waals surface area contributed by atoms with E-state index >= 15 is 0 Å². The third kappa shape index (κ3) is 2.34. The Hall–Kier alpha value is -2.09. The molecule has 0 spiro atoms. The summed E-state index contributed by atoms with van der Waals surface area (Å²) in [6, 6.07) is 17.2. The van der Waals surface area contributed by atoms with Gasteiger partial charge in [0.1, 0.15) is 0 Å². The van der Waals surface area contributed by atoms with Gasteiger partial charge in [-0.25, -0.2) is 0 Å². The fraction of sp³-hybridized carbons (Fsp3) is 0.278. The lowest BCUT2D eigenvalue weighted by Gasteiger charge is -2.22. The smallest absolute Gasteiger partial charge is 0.217 e. The van der Waals surface area contributed by atoms with Crippen LogP contribution in [-0.2, 0) is 11.2 Å². The largest absolute Gasteiger partial charge is 0.352 e. The van der Waals surface area contributed by atoms with E-state index < -0.39 is 0 Å². The van der Waals surface area contributed by atoms with Gasteiger partial charge in [-0.1, -0.05) is 54.1 Å². The molecule has 0 fully saturated rings. The van der Waals surface area contributed by atoms with Gasteiger partial charge >= 0.3 is 0 Å². The summed E-state index contributed by atoms with van der Waals surface area (Å²) in [4.78, 5) is 11.5. The second kappa shape index (κ2) is 5.12. The molecule has 2 aromatic carbocycles. The first-order chi connectivity index (χ1) is 9.65. The number of hydrogen-bond donors (Lipinski definition) is 1. The number of aryl methyl sites for hydroxylation is 1. The Balaban J connectivity index is 2.06. The maximum atomic E-state index is 11.5. The summed E-state index contributed by atoms with van der Waals surface area (Å²) >= 11 is 0. The molecule has 1 amide bonds. The summed E-state index contributed by atoms with van der Waals surface area (Å²) in [5, 5.41) is 3.12. The number of nitrogens with one attached hydrogen (secondary N) is 1. The summed E-state index contributed by atoms with van der Waals surface area (Å²) < 4.78 is 0. The predicted molar refractivity (Wildman–Crippen MR) is 80.8 cm³/mol. The lowest BCUT2D eigenvalue weighted by molar-refractivity contribution is -0.119. The summed E-state index contributed by atoms with van der Waals surface area (Å²) in [5.74, 6) is 0.301. The van der Waals surface area contributed by atoms with Crippen LogP contribution in [0.25, 0.3) is 0 Å². The molecule has 2 atom stereocenters. The SMILES string of the molecule is CC(=O)NC1Cc2ccc(C)cc2C1c1ccccc1. The van der Waals surface area contributed by atoms with Crippen molar-refractivity contribution in [1.82, 2.24) is 5.32 Å². The number of rotatable bonds is 2. The van der Waals surface area contributed by atoms with Crippen molar-refractivity contribution >= 4 is 5.91 Å². The first-order valence-corrected chi connectivity index (χ1v) is 7.06. The van der Waals surface area contributed by atoms with E-state index in [0.29, 0.717) is 0 Å². The molecule has 0 saturated heterocycles. The minimum absolute atomic E-state index is 0.0421. The van der Waals surface area contributed by atoms with Crippen molar-refractivity contribution in [3.8, 4) is 0 Å². The molecular weight excluding hydrogens is 246 g/mol. The molecule has 2 heteroatoms. The van der Waals surface area contributed by atoms with Crippen LogP contribution in [0.15, 0.2) is 48.5 Å². The van der Waals surface area contributed by atoms with E-state index in [-0.39, 0.29) is 17.9 Å². The van der Waals surface area contributed by atoms with Gasteiger partial charge in [-0.05, 0) is 30.0 Å². The molecule has 0 radical (unpaired) electrons. The molecule has 0 aromatic heterocycles. The van der Waals surface area contributed by atoms with E-state index in [0.717, 1.165) is 6.42 Å². The number of benzene rings is 2. The highest BCUT2D eigenvalue weighted by Gasteiger charge is 2.33. The van der Waals surface area contributed by atoms with Crippen molar-refractivity contribution in [2.24, 2.45) is 0 Å². The van der Waals surface area contributed by atoms with Crippen molar-refractivity contribution in [3.63, 3.8) is 0 Å². The standard InChI is InChI=1S/C18H19NO/c1-12-8-9-15-11-17(19-13(2)20)18(16(15)10-12)14-6-4-3-5-7-14/h3-10,17-18H,11H2,1-2H3,(H,19,20). The quantitative estimate of drug-likeness (QED) is 0.887. The van der Waals surface area contributed by atoms with Gasteiger partial charge in [-0.3, -0.25) is 4.79 Å². The maximum absolute atomic E-state index is 11.5. The zero-order valence-corrected chi connectivity index (χ0v) is 11.9. The molecule has 0 aliphatic heterocycles. The summed E-state index contributed by atoms with van der Waals surface area (Å²) in [6.07, 6.45) is 0.911. The van der Waals surface area contributed by atoms with Crippen LogP contribution in [0, 0.1) is 6.92 Å². The van der Waals surface area contributed by atoms with Crippen LogP contribution in [0.1, 0.15) is 35.1 Å². The molecule has 2 unspecified atom stereocenters. The van der Waals surface area contributed by atoms with E-state index in [1.807, 2.05) is 6.07 Å². The summed E-state index contributed by atoms with van der Waals surface area (Å²) in [7, 11) is 0. The maximum Gasteiger partial charge on any atom is 0.217 e. The Labute approximate surface area is 119 Å². The number of carbonyl (C=O) groups excluding carboxylic acids is 1. The van der Waals surface area contributed by atoms with Crippen molar-refractivity contribution in [2.75, 3.05) is 0 Å². The van der Waals surface area contributed by atoms with Gasteiger partial charge in [0.15, 0.2) is 0 Å². The summed E-state index contributed by atoms with van der Waals surface area (Å²) in [6.45, 7) is 3.71. The van der Waals surface area contributed by atoms with Gasteiger partial charge in [-0.2, -0.15) is 0 Å². The number of hydrogen-bond acceptors (Lipinski definition) is 1. The minimum atomic E-state index is 0.0421. The topological polar surface area (TPSA) is 29.1 Å². The van der Waals surface area contributed by atoms with Crippen LogP contribution < -0.4 is 5.32 Å². The Bertz CT molecular complexity index is 633. The lowest BCUT2D eigenvalue weighted by Crippen LogP contribution is -2.36. The Morgan fingerprint density at radius 2 is 1.90 bits per heavy atom.